The Kier molecular flexibility index (Phi) is 6.21. The number of carboxylic acid groups (broad SMARTS) is 1. The van der Waals surface area contributed by atoms with Gasteiger partial charge in [-0.25, -0.2) is 9.78 Å². The summed E-state index contributed by atoms with van der Waals surface area (Å²) in [5.41, 5.74) is 0.306. The second-order valence-corrected chi connectivity index (χ2v) is 6.11. The van der Waals surface area contributed by atoms with E-state index in [4.69, 9.17) is 9.90 Å². The number of aliphatic carboxylic acids is 1. The molecule has 1 fully saturated rings. The zero-order chi connectivity index (χ0) is 20.1. The largest absolute Gasteiger partial charge is 0.490 e. The Balaban J connectivity index is 0.000000321. The highest BCUT2D eigenvalue weighted by Crippen LogP contribution is 2.21. The average molecular weight is 384 g/mol. The summed E-state index contributed by atoms with van der Waals surface area (Å²) in [6.07, 6.45) is 2.38. The third-order valence-electron chi connectivity index (χ3n) is 3.98. The van der Waals surface area contributed by atoms with Crippen LogP contribution in [-0.2, 0) is 9.59 Å². The van der Waals surface area contributed by atoms with E-state index < -0.39 is 17.7 Å². The summed E-state index contributed by atoms with van der Waals surface area (Å²) in [5.74, 6) is -1.95. The lowest BCUT2D eigenvalue weighted by atomic mass is 9.99. The lowest BCUT2D eigenvalue weighted by Crippen LogP contribution is -2.47. The molecule has 146 valence electrons. The van der Waals surface area contributed by atoms with Crippen molar-refractivity contribution in [2.45, 2.75) is 31.5 Å². The molecule has 10 heteroatoms. The fourth-order valence-corrected chi connectivity index (χ4v) is 2.48. The van der Waals surface area contributed by atoms with Gasteiger partial charge in [-0.1, -0.05) is 0 Å². The summed E-state index contributed by atoms with van der Waals surface area (Å²) < 4.78 is 33.6. The predicted molar refractivity (Wildman–Crippen MR) is 91.5 cm³/mol. The first kappa shape index (κ1) is 20.4. The van der Waals surface area contributed by atoms with Gasteiger partial charge in [0.15, 0.2) is 0 Å². The molecule has 1 amide bonds. The quantitative estimate of drug-likeness (QED) is 0.756. The number of carboxylic acids is 1. The second kappa shape index (κ2) is 8.21. The number of carbonyl (C=O) groups excluding carboxylic acids is 1. The zero-order valence-corrected chi connectivity index (χ0v) is 14.5. The summed E-state index contributed by atoms with van der Waals surface area (Å²) in [6, 6.07) is 7.56. The van der Waals surface area contributed by atoms with Gasteiger partial charge < -0.3 is 20.3 Å². The molecule has 1 aliphatic rings. The minimum atomic E-state index is -5.08. The zero-order valence-electron chi connectivity index (χ0n) is 14.5. The lowest BCUT2D eigenvalue weighted by molar-refractivity contribution is -0.192. The second-order valence-electron chi connectivity index (χ2n) is 6.11. The topological polar surface area (TPSA) is 96.3 Å². The van der Waals surface area contributed by atoms with Crippen molar-refractivity contribution in [1.82, 2.24) is 14.9 Å². The molecule has 0 bridgehead atoms. The van der Waals surface area contributed by atoms with Gasteiger partial charge in [0, 0.05) is 30.3 Å². The molecule has 7 nitrogen and oxygen atoms in total. The Morgan fingerprint density at radius 3 is 2.48 bits per heavy atom. The van der Waals surface area contributed by atoms with Crippen molar-refractivity contribution in [2.75, 3.05) is 11.9 Å². The Hall–Kier alpha value is -2.88. The van der Waals surface area contributed by atoms with Crippen LogP contribution in [0.5, 0.6) is 0 Å². The summed E-state index contributed by atoms with van der Waals surface area (Å²) in [4.78, 5) is 25.5. The van der Waals surface area contributed by atoms with Crippen LogP contribution in [0.25, 0.3) is 5.82 Å². The number of halogens is 3. The van der Waals surface area contributed by atoms with Crippen LogP contribution < -0.4 is 10.6 Å². The first-order valence-corrected chi connectivity index (χ1v) is 8.08. The minimum absolute atomic E-state index is 0.0136. The highest BCUT2D eigenvalue weighted by atomic mass is 19.4. The SMILES string of the molecule is CC1(C(=O)Nc2ccnc(-n3cccc3)c2)CCCN1.O=C(O)C(F)(F)F. The van der Waals surface area contributed by atoms with Gasteiger partial charge in [-0.2, -0.15) is 13.2 Å². The maximum atomic E-state index is 12.3. The van der Waals surface area contributed by atoms with Crippen molar-refractivity contribution in [3.63, 3.8) is 0 Å². The fourth-order valence-electron chi connectivity index (χ4n) is 2.48. The highest BCUT2D eigenvalue weighted by molar-refractivity contribution is 5.98. The summed E-state index contributed by atoms with van der Waals surface area (Å²) in [5, 5.41) is 13.4. The maximum Gasteiger partial charge on any atom is 0.490 e. The van der Waals surface area contributed by atoms with E-state index in [1.807, 2.05) is 48.1 Å². The third-order valence-corrected chi connectivity index (χ3v) is 3.98. The van der Waals surface area contributed by atoms with E-state index in [0.717, 1.165) is 30.9 Å². The molecule has 0 aliphatic carbocycles. The van der Waals surface area contributed by atoms with Crippen LogP contribution in [0.4, 0.5) is 18.9 Å². The molecular formula is C17H19F3N4O3. The van der Waals surface area contributed by atoms with Crippen LogP contribution >= 0.6 is 0 Å². The van der Waals surface area contributed by atoms with Crippen LogP contribution in [-0.4, -0.2) is 44.8 Å². The number of rotatable bonds is 3. The smallest absolute Gasteiger partial charge is 0.475 e. The monoisotopic (exact) mass is 384 g/mol. The molecule has 1 atom stereocenters. The van der Waals surface area contributed by atoms with E-state index in [0.29, 0.717) is 0 Å². The standard InChI is InChI=1S/C15H18N4O.C2HF3O2/c1-15(6-4-7-17-15)14(20)18-12-5-8-16-13(11-12)19-9-2-3-10-19;3-2(4,5)1(6)7/h2-3,5,8-11,17H,4,6-7H2,1H3,(H,16,18,20);(H,6,7). The van der Waals surface area contributed by atoms with Crippen LogP contribution in [0.1, 0.15) is 19.8 Å². The molecule has 1 unspecified atom stereocenters. The van der Waals surface area contributed by atoms with Crippen LogP contribution in [0, 0.1) is 0 Å². The number of aromatic nitrogens is 2. The molecule has 2 aromatic rings. The number of amides is 1. The van der Waals surface area contributed by atoms with Crippen LogP contribution in [0.2, 0.25) is 0 Å². The molecule has 1 aliphatic heterocycles. The minimum Gasteiger partial charge on any atom is -0.475 e. The molecule has 3 rings (SSSR count). The lowest BCUT2D eigenvalue weighted by Gasteiger charge is -2.23. The van der Waals surface area contributed by atoms with Gasteiger partial charge in [0.05, 0.1) is 5.54 Å². The number of anilines is 1. The van der Waals surface area contributed by atoms with Gasteiger partial charge in [-0.15, -0.1) is 0 Å². The molecule has 2 aromatic heterocycles. The normalized spacial score (nSPS) is 19.1. The number of nitrogens with one attached hydrogen (secondary N) is 2. The Morgan fingerprint density at radius 2 is 1.96 bits per heavy atom. The van der Waals surface area contributed by atoms with Gasteiger partial charge in [0.2, 0.25) is 5.91 Å². The van der Waals surface area contributed by atoms with Crippen molar-refractivity contribution in [1.29, 1.82) is 0 Å². The van der Waals surface area contributed by atoms with E-state index in [1.54, 1.807) is 6.20 Å². The van der Waals surface area contributed by atoms with Gasteiger partial charge >= 0.3 is 12.1 Å². The van der Waals surface area contributed by atoms with E-state index in [2.05, 4.69) is 15.6 Å². The van der Waals surface area contributed by atoms with E-state index in [-0.39, 0.29) is 5.91 Å². The number of nitrogens with zero attached hydrogens (tertiary/aromatic N) is 2. The average Bonchev–Trinajstić information content (AvgIpc) is 3.27. The number of carbonyl (C=O) groups is 2. The van der Waals surface area contributed by atoms with Gasteiger partial charge in [0.25, 0.3) is 0 Å². The van der Waals surface area contributed by atoms with Crippen molar-refractivity contribution in [2.24, 2.45) is 0 Å². The predicted octanol–water partition coefficient (Wildman–Crippen LogP) is 2.59. The first-order valence-electron chi connectivity index (χ1n) is 8.08. The molecule has 0 saturated carbocycles. The Morgan fingerprint density at radius 1 is 1.33 bits per heavy atom. The summed E-state index contributed by atoms with van der Waals surface area (Å²) in [6.45, 7) is 2.85. The van der Waals surface area contributed by atoms with Crippen LogP contribution in [0.15, 0.2) is 42.9 Å². The molecule has 0 spiro atoms. The molecule has 1 saturated heterocycles. The number of alkyl halides is 3. The van der Waals surface area contributed by atoms with Crippen LogP contribution in [0.3, 0.4) is 0 Å². The third kappa shape index (κ3) is 5.55. The fraction of sp³-hybridized carbons (Fsp3) is 0.353. The maximum absolute atomic E-state index is 12.3. The van der Waals surface area contributed by atoms with E-state index >= 15 is 0 Å². The van der Waals surface area contributed by atoms with Crippen molar-refractivity contribution >= 4 is 17.6 Å². The summed E-state index contributed by atoms with van der Waals surface area (Å²) in [7, 11) is 0. The molecule has 0 aromatic carbocycles. The van der Waals surface area contributed by atoms with Gasteiger partial charge in [-0.05, 0) is 44.5 Å². The molecule has 3 heterocycles. The summed E-state index contributed by atoms with van der Waals surface area (Å²) >= 11 is 0. The molecular weight excluding hydrogens is 365 g/mol. The highest BCUT2D eigenvalue weighted by Gasteiger charge is 2.38. The number of hydrogen-bond acceptors (Lipinski definition) is 4. The van der Waals surface area contributed by atoms with Gasteiger partial charge in [-0.3, -0.25) is 4.79 Å². The van der Waals surface area contributed by atoms with Crippen molar-refractivity contribution in [3.8, 4) is 5.82 Å². The van der Waals surface area contributed by atoms with E-state index in [9.17, 15) is 18.0 Å². The van der Waals surface area contributed by atoms with E-state index in [1.165, 1.54) is 0 Å². The molecule has 3 N–H and O–H groups in total. The molecule has 0 radical (unpaired) electrons. The Labute approximate surface area is 153 Å². The number of hydrogen-bond donors (Lipinski definition) is 3. The number of pyridine rings is 1. The van der Waals surface area contributed by atoms with Crippen molar-refractivity contribution < 1.29 is 27.9 Å². The van der Waals surface area contributed by atoms with Gasteiger partial charge in [0.1, 0.15) is 5.82 Å². The molecule has 27 heavy (non-hydrogen) atoms. The first-order chi connectivity index (χ1) is 12.6. The Bertz CT molecular complexity index is 785. The van der Waals surface area contributed by atoms with Crippen molar-refractivity contribution in [3.05, 3.63) is 42.9 Å².